The predicted molar refractivity (Wildman–Crippen MR) is 79.2 cm³/mol. The van der Waals surface area contributed by atoms with Gasteiger partial charge < -0.3 is 15.4 Å². The largest absolute Gasteiger partial charge is 0.478 e. The topological polar surface area (TPSA) is 90.9 Å². The number of H-pyrrole nitrogens is 1. The summed E-state index contributed by atoms with van der Waals surface area (Å²) in [6.45, 7) is 2.78. The van der Waals surface area contributed by atoms with Crippen molar-refractivity contribution in [3.05, 3.63) is 41.6 Å². The van der Waals surface area contributed by atoms with Crippen molar-refractivity contribution in [2.75, 3.05) is 17.6 Å². The van der Waals surface area contributed by atoms with Crippen LogP contribution in [0.3, 0.4) is 0 Å². The van der Waals surface area contributed by atoms with E-state index >= 15 is 0 Å². The highest BCUT2D eigenvalue weighted by Gasteiger charge is 2.03. The van der Waals surface area contributed by atoms with Crippen LogP contribution < -0.4 is 5.32 Å². The number of pyridine rings is 1. The second-order valence-electron chi connectivity index (χ2n) is 4.19. The van der Waals surface area contributed by atoms with Gasteiger partial charge in [0.25, 0.3) is 0 Å². The Labute approximate surface area is 121 Å². The van der Waals surface area contributed by atoms with E-state index in [-0.39, 0.29) is 5.56 Å². The van der Waals surface area contributed by atoms with Crippen LogP contribution in [0.1, 0.15) is 21.7 Å². The van der Waals surface area contributed by atoms with Crippen LogP contribution in [0.2, 0.25) is 0 Å². The molecule has 0 aromatic carbocycles. The average molecular weight is 292 g/mol. The minimum atomic E-state index is -0.964. The van der Waals surface area contributed by atoms with E-state index in [1.165, 1.54) is 12.3 Å². The third kappa shape index (κ3) is 3.99. The van der Waals surface area contributed by atoms with Gasteiger partial charge in [0.2, 0.25) is 0 Å². The third-order valence-electron chi connectivity index (χ3n) is 2.74. The lowest BCUT2D eigenvalue weighted by Gasteiger charge is -2.05. The summed E-state index contributed by atoms with van der Waals surface area (Å²) in [6.07, 6.45) is 3.06. The zero-order valence-electron chi connectivity index (χ0n) is 11.1. The molecular weight excluding hydrogens is 276 g/mol. The molecule has 0 aliphatic heterocycles. The van der Waals surface area contributed by atoms with Crippen molar-refractivity contribution in [1.29, 1.82) is 0 Å². The fourth-order valence-electron chi connectivity index (χ4n) is 1.58. The Balaban J connectivity index is 1.68. The zero-order chi connectivity index (χ0) is 14.4. The molecule has 0 saturated heterocycles. The van der Waals surface area contributed by atoms with Crippen molar-refractivity contribution in [3.63, 3.8) is 0 Å². The standard InChI is InChI=1S/C13H16N4O2S/c1-9-11(17-8-16-9)7-20-5-4-14-12-3-2-10(6-15-12)13(18)19/h2-3,6,8H,4-5,7H2,1H3,(H,14,15)(H,16,17)(H,18,19). The smallest absolute Gasteiger partial charge is 0.337 e. The molecular formula is C13H16N4O2S. The molecule has 0 atom stereocenters. The molecule has 2 aromatic rings. The van der Waals surface area contributed by atoms with Crippen molar-refractivity contribution >= 4 is 23.5 Å². The lowest BCUT2D eigenvalue weighted by atomic mass is 10.3. The molecule has 106 valence electrons. The van der Waals surface area contributed by atoms with Crippen molar-refractivity contribution in [2.24, 2.45) is 0 Å². The number of aryl methyl sites for hydroxylation is 1. The maximum atomic E-state index is 10.7. The Bertz CT molecular complexity index is 568. The SMILES string of the molecule is Cc1[nH]cnc1CSCCNc1ccc(C(=O)O)cn1. The van der Waals surface area contributed by atoms with Crippen molar-refractivity contribution in [3.8, 4) is 0 Å². The van der Waals surface area contributed by atoms with Gasteiger partial charge in [-0.05, 0) is 19.1 Å². The molecule has 0 amide bonds. The van der Waals surface area contributed by atoms with Gasteiger partial charge in [0.1, 0.15) is 5.82 Å². The summed E-state index contributed by atoms with van der Waals surface area (Å²) in [5.74, 6) is 1.53. The van der Waals surface area contributed by atoms with E-state index in [2.05, 4.69) is 20.3 Å². The van der Waals surface area contributed by atoms with Crippen molar-refractivity contribution in [1.82, 2.24) is 15.0 Å². The first kappa shape index (κ1) is 14.4. The van der Waals surface area contributed by atoms with Gasteiger partial charge in [-0.2, -0.15) is 11.8 Å². The first-order valence-electron chi connectivity index (χ1n) is 6.16. The summed E-state index contributed by atoms with van der Waals surface area (Å²) in [4.78, 5) is 22.0. The molecule has 0 unspecified atom stereocenters. The number of aromatic nitrogens is 3. The second-order valence-corrected chi connectivity index (χ2v) is 5.30. The minimum Gasteiger partial charge on any atom is -0.478 e. The number of nitrogens with one attached hydrogen (secondary N) is 2. The third-order valence-corrected chi connectivity index (χ3v) is 3.71. The Morgan fingerprint density at radius 3 is 2.90 bits per heavy atom. The molecule has 0 bridgehead atoms. The van der Waals surface area contributed by atoms with E-state index in [0.29, 0.717) is 5.82 Å². The molecule has 0 radical (unpaired) electrons. The van der Waals surface area contributed by atoms with Gasteiger partial charge in [0, 0.05) is 29.9 Å². The Morgan fingerprint density at radius 2 is 2.30 bits per heavy atom. The van der Waals surface area contributed by atoms with Gasteiger partial charge in [-0.1, -0.05) is 0 Å². The number of anilines is 1. The lowest BCUT2D eigenvalue weighted by molar-refractivity contribution is 0.0696. The summed E-state index contributed by atoms with van der Waals surface area (Å²) in [5, 5.41) is 11.9. The Morgan fingerprint density at radius 1 is 1.45 bits per heavy atom. The zero-order valence-corrected chi connectivity index (χ0v) is 11.9. The van der Waals surface area contributed by atoms with Gasteiger partial charge in [-0.3, -0.25) is 0 Å². The first-order valence-corrected chi connectivity index (χ1v) is 7.32. The lowest BCUT2D eigenvalue weighted by Crippen LogP contribution is -2.06. The maximum Gasteiger partial charge on any atom is 0.337 e. The van der Waals surface area contributed by atoms with Crippen molar-refractivity contribution < 1.29 is 9.90 Å². The molecule has 6 nitrogen and oxygen atoms in total. The number of aromatic carboxylic acids is 1. The van der Waals surface area contributed by atoms with Crippen LogP contribution in [0.15, 0.2) is 24.7 Å². The fraction of sp³-hybridized carbons (Fsp3) is 0.308. The van der Waals surface area contributed by atoms with E-state index in [1.54, 1.807) is 24.2 Å². The average Bonchev–Trinajstić information content (AvgIpc) is 2.84. The number of rotatable bonds is 7. The second kappa shape index (κ2) is 6.95. The Hall–Kier alpha value is -2.02. The van der Waals surface area contributed by atoms with Gasteiger partial charge in [-0.25, -0.2) is 14.8 Å². The summed E-state index contributed by atoms with van der Waals surface area (Å²) in [7, 11) is 0. The number of thioether (sulfide) groups is 1. The molecule has 2 heterocycles. The molecule has 2 aromatic heterocycles. The molecule has 0 aliphatic carbocycles. The summed E-state index contributed by atoms with van der Waals surface area (Å²) in [5.41, 5.74) is 2.38. The Kier molecular flexibility index (Phi) is 5.00. The van der Waals surface area contributed by atoms with E-state index in [9.17, 15) is 4.79 Å². The van der Waals surface area contributed by atoms with Crippen molar-refractivity contribution in [2.45, 2.75) is 12.7 Å². The van der Waals surface area contributed by atoms with Crippen LogP contribution in [-0.4, -0.2) is 38.3 Å². The van der Waals surface area contributed by atoms with Crippen LogP contribution in [-0.2, 0) is 5.75 Å². The highest BCUT2D eigenvalue weighted by molar-refractivity contribution is 7.98. The number of carbonyl (C=O) groups is 1. The van der Waals surface area contributed by atoms with Crippen LogP contribution in [0, 0.1) is 6.92 Å². The van der Waals surface area contributed by atoms with Crippen LogP contribution >= 0.6 is 11.8 Å². The van der Waals surface area contributed by atoms with Gasteiger partial charge >= 0.3 is 5.97 Å². The van der Waals surface area contributed by atoms with E-state index in [4.69, 9.17) is 5.11 Å². The molecule has 0 spiro atoms. The molecule has 7 heteroatoms. The maximum absolute atomic E-state index is 10.7. The van der Waals surface area contributed by atoms with Gasteiger partial charge in [-0.15, -0.1) is 0 Å². The summed E-state index contributed by atoms with van der Waals surface area (Å²) < 4.78 is 0. The predicted octanol–water partition coefficient (Wildman–Crippen LogP) is 2.16. The summed E-state index contributed by atoms with van der Waals surface area (Å²) >= 11 is 1.79. The van der Waals surface area contributed by atoms with E-state index < -0.39 is 5.97 Å². The number of hydrogen-bond acceptors (Lipinski definition) is 5. The normalized spacial score (nSPS) is 10.4. The number of carboxylic acids is 1. The first-order chi connectivity index (χ1) is 9.66. The number of aromatic amines is 1. The molecule has 2 rings (SSSR count). The molecule has 0 aliphatic rings. The van der Waals surface area contributed by atoms with Gasteiger partial charge in [0.05, 0.1) is 17.6 Å². The molecule has 0 saturated carbocycles. The number of imidazole rings is 1. The monoisotopic (exact) mass is 292 g/mol. The number of nitrogens with zero attached hydrogens (tertiary/aromatic N) is 2. The molecule has 3 N–H and O–H groups in total. The highest BCUT2D eigenvalue weighted by Crippen LogP contribution is 2.12. The molecule has 20 heavy (non-hydrogen) atoms. The number of hydrogen-bond donors (Lipinski definition) is 3. The van der Waals surface area contributed by atoms with E-state index in [1.807, 2.05) is 6.92 Å². The highest BCUT2D eigenvalue weighted by atomic mass is 32.2. The summed E-state index contributed by atoms with van der Waals surface area (Å²) in [6, 6.07) is 3.21. The fourth-order valence-corrected chi connectivity index (χ4v) is 2.45. The van der Waals surface area contributed by atoms with Crippen LogP contribution in [0.25, 0.3) is 0 Å². The minimum absolute atomic E-state index is 0.193. The van der Waals surface area contributed by atoms with Crippen LogP contribution in [0.5, 0.6) is 0 Å². The quantitative estimate of drug-likeness (QED) is 0.677. The van der Waals surface area contributed by atoms with Crippen LogP contribution in [0.4, 0.5) is 5.82 Å². The van der Waals surface area contributed by atoms with Gasteiger partial charge in [0.15, 0.2) is 0 Å². The van der Waals surface area contributed by atoms with E-state index in [0.717, 1.165) is 29.4 Å². The molecule has 0 fully saturated rings. The number of carboxylic acid groups (broad SMARTS) is 1.